The lowest BCUT2D eigenvalue weighted by molar-refractivity contribution is 0.660. The predicted octanol–water partition coefficient (Wildman–Crippen LogP) is 20.2. The van der Waals surface area contributed by atoms with E-state index in [-0.39, 0.29) is 5.41 Å². The van der Waals surface area contributed by atoms with Crippen molar-refractivity contribution in [3.63, 3.8) is 0 Å². The molecule has 0 aromatic heterocycles. The highest BCUT2D eigenvalue weighted by Crippen LogP contribution is 2.48. The Labute approximate surface area is 416 Å². The van der Waals surface area contributed by atoms with Crippen LogP contribution in [-0.2, 0) is 5.41 Å². The van der Waals surface area contributed by atoms with E-state index >= 15 is 0 Å². The summed E-state index contributed by atoms with van der Waals surface area (Å²) < 4.78 is 0. The lowest BCUT2D eigenvalue weighted by Gasteiger charge is -2.21. The van der Waals surface area contributed by atoms with Gasteiger partial charge in [0, 0.05) is 5.41 Å². The summed E-state index contributed by atoms with van der Waals surface area (Å²) in [5, 5.41) is 0. The molecule has 1 nitrogen and oxygen atoms in total. The smallest absolute Gasteiger partial charge is 0.0619 e. The zero-order valence-electron chi connectivity index (χ0n) is 44.6. The summed E-state index contributed by atoms with van der Waals surface area (Å²) in [5.41, 5.74) is 20.3. The second kappa shape index (κ2) is 30.1. The molecule has 0 saturated carbocycles. The van der Waals surface area contributed by atoms with Gasteiger partial charge in [-0.1, -0.05) is 249 Å². The fourth-order valence-electron chi connectivity index (χ4n) is 7.96. The van der Waals surface area contributed by atoms with E-state index in [1.165, 1.54) is 78.8 Å². The summed E-state index contributed by atoms with van der Waals surface area (Å²) >= 11 is 0. The highest BCUT2D eigenvalue weighted by molar-refractivity contribution is 5.82. The molecular formula is C67H85N. The number of aryl methyl sites for hydroxylation is 3. The molecule has 7 rings (SSSR count). The third-order valence-corrected chi connectivity index (χ3v) is 12.0. The lowest BCUT2D eigenvalue weighted by Crippen LogP contribution is -2.14. The first kappa shape index (κ1) is 57.8. The Morgan fingerprint density at radius 3 is 1.87 bits per heavy atom. The van der Waals surface area contributed by atoms with Gasteiger partial charge in [0.15, 0.2) is 0 Å². The van der Waals surface area contributed by atoms with Crippen LogP contribution in [0.4, 0.5) is 0 Å². The SMILES string of the molecule is C=C(C)C(/C=C\C)=C/CC.C=C/C(C)=C(\C=C/C)c1ccc(-c2ccc(C)cc2)cc1C.C=NC(=C)C1=CCC(C)C=C1.CC.CC1C=CC=CC1.Cc1ccc2c(c1)-c1ccccc1C2(C)C. The number of allylic oxidation sites excluding steroid dienone is 17. The zero-order chi connectivity index (χ0) is 50.8. The number of benzene rings is 4. The molecule has 3 aliphatic carbocycles. The molecule has 1 heteroatoms. The van der Waals surface area contributed by atoms with Gasteiger partial charge < -0.3 is 0 Å². The van der Waals surface area contributed by atoms with Crippen molar-refractivity contribution in [3.05, 3.63) is 245 Å². The van der Waals surface area contributed by atoms with E-state index in [1.807, 2.05) is 46.8 Å². The van der Waals surface area contributed by atoms with Gasteiger partial charge in [-0.2, -0.15) is 0 Å². The molecule has 68 heavy (non-hydrogen) atoms. The second-order valence-electron chi connectivity index (χ2n) is 18.1. The molecule has 2 atom stereocenters. The molecule has 4 aromatic carbocycles. The molecule has 0 aliphatic heterocycles. The van der Waals surface area contributed by atoms with Crippen LogP contribution in [0.3, 0.4) is 0 Å². The largest absolute Gasteiger partial charge is 0.265 e. The van der Waals surface area contributed by atoms with Crippen LogP contribution in [0, 0.1) is 32.6 Å². The van der Waals surface area contributed by atoms with Crippen LogP contribution >= 0.6 is 0 Å². The molecule has 0 bridgehead atoms. The maximum atomic E-state index is 3.90. The monoisotopic (exact) mass is 904 g/mol. The van der Waals surface area contributed by atoms with Crippen LogP contribution in [0.25, 0.3) is 27.8 Å². The van der Waals surface area contributed by atoms with E-state index in [2.05, 4.69) is 246 Å². The highest BCUT2D eigenvalue weighted by atomic mass is 14.7. The Bertz CT molecular complexity index is 2530. The van der Waals surface area contributed by atoms with Crippen LogP contribution in [0.15, 0.2) is 217 Å². The van der Waals surface area contributed by atoms with Gasteiger partial charge in [0.25, 0.3) is 0 Å². The summed E-state index contributed by atoms with van der Waals surface area (Å²) in [6.07, 6.45) is 30.9. The summed E-state index contributed by atoms with van der Waals surface area (Å²) in [5.74, 6) is 1.42. The van der Waals surface area contributed by atoms with Crippen molar-refractivity contribution in [2.24, 2.45) is 16.8 Å². The van der Waals surface area contributed by atoms with Crippen molar-refractivity contribution in [1.29, 1.82) is 0 Å². The van der Waals surface area contributed by atoms with Gasteiger partial charge in [0.05, 0.1) is 5.70 Å². The van der Waals surface area contributed by atoms with E-state index in [1.54, 1.807) is 0 Å². The summed E-state index contributed by atoms with van der Waals surface area (Å²) in [6, 6.07) is 30.9. The summed E-state index contributed by atoms with van der Waals surface area (Å²) in [7, 11) is 0. The topological polar surface area (TPSA) is 12.4 Å². The number of hydrogen-bond donors (Lipinski definition) is 0. The standard InChI is InChI=1S/C22H24.C16H16.C10H13N.C10H16.C7H10.C2H6/c1-6-8-21(17(4)7-2)22-14-13-20(15-18(22)5)19-11-9-16(3)10-12-19;1-11-8-9-15-13(10-11)12-6-4-5-7-14(12)16(15,2)3;1-8-4-6-10(7-5-8)9(2)11-3;1-5-7-10(8-6-2)9(3)4;1-7-5-3-2-4-6-7;1-2/h6-15H,2H2,1,3-5H3;4-10H,1-3H3;4,6-8H,2-3,5H2,1H3;5,7-8H,3,6H2,1-2,4H3;2-5,7H,6H2,1H3;1-2H3/b8-6-,21-17+;;;7-5-,10-8+;;. The molecule has 0 fully saturated rings. The van der Waals surface area contributed by atoms with E-state index < -0.39 is 0 Å². The van der Waals surface area contributed by atoms with Gasteiger partial charge in [-0.3, -0.25) is 4.99 Å². The van der Waals surface area contributed by atoms with Crippen molar-refractivity contribution in [2.45, 2.75) is 122 Å². The molecular weight excluding hydrogens is 819 g/mol. The molecule has 0 heterocycles. The number of aliphatic imine (C=N–C) groups is 1. The van der Waals surface area contributed by atoms with Crippen LogP contribution in [0.5, 0.6) is 0 Å². The first-order chi connectivity index (χ1) is 32.5. The van der Waals surface area contributed by atoms with Crippen LogP contribution in [0.2, 0.25) is 0 Å². The maximum absolute atomic E-state index is 3.90. The second-order valence-corrected chi connectivity index (χ2v) is 18.1. The average molecular weight is 904 g/mol. The fourth-order valence-corrected chi connectivity index (χ4v) is 7.96. The molecule has 3 aliphatic rings. The van der Waals surface area contributed by atoms with Gasteiger partial charge >= 0.3 is 0 Å². The summed E-state index contributed by atoms with van der Waals surface area (Å²) in [6.45, 7) is 44.8. The fraction of sp³-hybridized carbons (Fsp3) is 0.299. The van der Waals surface area contributed by atoms with E-state index in [9.17, 15) is 0 Å². The van der Waals surface area contributed by atoms with Crippen molar-refractivity contribution >= 4 is 12.3 Å². The number of hydrogen-bond acceptors (Lipinski definition) is 1. The van der Waals surface area contributed by atoms with Gasteiger partial charge in [-0.25, -0.2) is 0 Å². The van der Waals surface area contributed by atoms with Gasteiger partial charge in [0.1, 0.15) is 0 Å². The Kier molecular flexibility index (Phi) is 25.6. The van der Waals surface area contributed by atoms with Crippen LogP contribution in [-0.4, -0.2) is 6.72 Å². The molecule has 0 radical (unpaired) electrons. The third kappa shape index (κ3) is 17.7. The molecule has 358 valence electrons. The van der Waals surface area contributed by atoms with E-state index in [4.69, 9.17) is 0 Å². The molecule has 4 aromatic rings. The van der Waals surface area contributed by atoms with Crippen LogP contribution < -0.4 is 0 Å². The molecule has 0 N–H and O–H groups in total. The Hall–Kier alpha value is -6.31. The van der Waals surface area contributed by atoms with E-state index in [0.29, 0.717) is 5.92 Å². The molecule has 2 unspecified atom stereocenters. The van der Waals surface area contributed by atoms with E-state index in [0.717, 1.165) is 35.6 Å². The predicted molar refractivity (Wildman–Crippen MR) is 309 cm³/mol. The van der Waals surface area contributed by atoms with Crippen molar-refractivity contribution < 1.29 is 0 Å². The first-order valence-electron chi connectivity index (χ1n) is 24.7. The number of rotatable bonds is 9. The number of nitrogens with zero attached hydrogens (tertiary/aromatic N) is 1. The van der Waals surface area contributed by atoms with Crippen molar-refractivity contribution in [1.82, 2.24) is 0 Å². The molecule has 0 spiro atoms. The van der Waals surface area contributed by atoms with Gasteiger partial charge in [0.2, 0.25) is 0 Å². The minimum atomic E-state index is 0.152. The Morgan fingerprint density at radius 2 is 1.35 bits per heavy atom. The zero-order valence-corrected chi connectivity index (χ0v) is 44.6. The third-order valence-electron chi connectivity index (χ3n) is 12.0. The Balaban J connectivity index is 0.000000305. The minimum Gasteiger partial charge on any atom is -0.265 e. The quantitative estimate of drug-likeness (QED) is 0.117. The van der Waals surface area contributed by atoms with Crippen LogP contribution in [0.1, 0.15) is 129 Å². The minimum absolute atomic E-state index is 0.152. The first-order valence-corrected chi connectivity index (χ1v) is 24.7. The molecule has 0 amide bonds. The Morgan fingerprint density at radius 1 is 0.735 bits per heavy atom. The molecule has 0 saturated heterocycles. The van der Waals surface area contributed by atoms with Crippen molar-refractivity contribution in [2.75, 3.05) is 0 Å². The maximum Gasteiger partial charge on any atom is 0.0619 e. The van der Waals surface area contributed by atoms with Crippen molar-refractivity contribution in [3.8, 4) is 22.3 Å². The highest BCUT2D eigenvalue weighted by Gasteiger charge is 2.34. The lowest BCUT2D eigenvalue weighted by atomic mass is 9.82. The number of fused-ring (bicyclic) bond motifs is 3. The summed E-state index contributed by atoms with van der Waals surface area (Å²) in [4.78, 5) is 3.77. The average Bonchev–Trinajstić information content (AvgIpc) is 3.57. The normalized spacial score (nSPS) is 16.2. The van der Waals surface area contributed by atoms with Gasteiger partial charge in [-0.15, -0.1) is 0 Å². The van der Waals surface area contributed by atoms with Gasteiger partial charge in [-0.05, 0) is 153 Å².